The van der Waals surface area contributed by atoms with E-state index < -0.39 is 0 Å². The first-order chi connectivity index (χ1) is 8.35. The van der Waals surface area contributed by atoms with Gasteiger partial charge in [0.2, 0.25) is 0 Å². The molecule has 2 rings (SSSR count). The predicted molar refractivity (Wildman–Crippen MR) is 66.2 cm³/mol. The highest BCUT2D eigenvalue weighted by Crippen LogP contribution is 2.20. The molecule has 6 nitrogen and oxygen atoms in total. The molecule has 1 unspecified atom stereocenters. The summed E-state index contributed by atoms with van der Waals surface area (Å²) in [6.07, 6.45) is 0. The molecule has 96 valence electrons. The minimum atomic E-state index is 0.0694. The first-order valence-electron chi connectivity index (χ1n) is 5.83. The molecule has 2 N–H and O–H groups in total. The van der Waals surface area contributed by atoms with Crippen LogP contribution in [0.3, 0.4) is 0 Å². The zero-order chi connectivity index (χ0) is 12.1. The van der Waals surface area contributed by atoms with Crippen molar-refractivity contribution in [3.05, 3.63) is 5.69 Å². The third-order valence-electron chi connectivity index (χ3n) is 2.81. The Morgan fingerprint density at radius 2 is 2.53 bits per heavy atom. The van der Waals surface area contributed by atoms with Crippen LogP contribution in [0.2, 0.25) is 0 Å². The third kappa shape index (κ3) is 3.12. The average Bonchev–Trinajstić information content (AvgIpc) is 2.78. The second-order valence-electron chi connectivity index (χ2n) is 3.96. The van der Waals surface area contributed by atoms with Crippen molar-refractivity contribution in [2.75, 3.05) is 38.2 Å². The van der Waals surface area contributed by atoms with Gasteiger partial charge in [-0.2, -0.15) is 0 Å². The lowest BCUT2D eigenvalue weighted by molar-refractivity contribution is -0.0316. The van der Waals surface area contributed by atoms with Crippen molar-refractivity contribution in [3.63, 3.8) is 0 Å². The fourth-order valence-corrected chi connectivity index (χ4v) is 2.51. The van der Waals surface area contributed by atoms with Crippen molar-refractivity contribution < 1.29 is 9.84 Å². The minimum Gasteiger partial charge on any atom is -0.395 e. The number of rotatable bonds is 5. The van der Waals surface area contributed by atoms with Gasteiger partial charge in [-0.05, 0) is 6.92 Å². The number of aliphatic hydroxyl groups excluding tert-OH is 1. The second kappa shape index (κ2) is 6.25. The van der Waals surface area contributed by atoms with Gasteiger partial charge in [-0.1, -0.05) is 4.49 Å². The summed E-state index contributed by atoms with van der Waals surface area (Å²) in [5, 5.41) is 17.7. The van der Waals surface area contributed by atoms with E-state index in [1.54, 1.807) is 0 Å². The SMILES string of the molecule is CCNc1snnc1CN1CCOCC1CO. The Hall–Kier alpha value is -0.760. The molecule has 1 aromatic heterocycles. The Bertz CT molecular complexity index is 347. The van der Waals surface area contributed by atoms with Gasteiger partial charge in [-0.25, -0.2) is 0 Å². The predicted octanol–water partition coefficient (Wildman–Crippen LogP) is 0.163. The summed E-state index contributed by atoms with van der Waals surface area (Å²) < 4.78 is 9.32. The van der Waals surface area contributed by atoms with E-state index in [1.165, 1.54) is 11.5 Å². The van der Waals surface area contributed by atoms with E-state index in [4.69, 9.17) is 4.74 Å². The number of hydrogen-bond donors (Lipinski definition) is 2. The Morgan fingerprint density at radius 3 is 3.29 bits per heavy atom. The van der Waals surface area contributed by atoms with Gasteiger partial charge in [0, 0.05) is 31.2 Å². The van der Waals surface area contributed by atoms with E-state index in [0.717, 1.165) is 23.8 Å². The first kappa shape index (κ1) is 12.7. The second-order valence-corrected chi connectivity index (χ2v) is 4.71. The van der Waals surface area contributed by atoms with Crippen LogP contribution in [0, 0.1) is 0 Å². The number of aliphatic hydroxyl groups is 1. The number of nitrogens with one attached hydrogen (secondary N) is 1. The molecule has 0 radical (unpaired) electrons. The Morgan fingerprint density at radius 1 is 1.65 bits per heavy atom. The van der Waals surface area contributed by atoms with Crippen molar-refractivity contribution in [1.29, 1.82) is 0 Å². The van der Waals surface area contributed by atoms with Gasteiger partial charge in [0.1, 0.15) is 10.7 Å². The number of hydrogen-bond acceptors (Lipinski definition) is 7. The summed E-state index contributed by atoms with van der Waals surface area (Å²) in [5.74, 6) is 0. The van der Waals surface area contributed by atoms with Crippen LogP contribution >= 0.6 is 11.5 Å². The summed E-state index contributed by atoms with van der Waals surface area (Å²) in [5.41, 5.74) is 0.956. The zero-order valence-corrected chi connectivity index (χ0v) is 10.7. The normalized spacial score (nSPS) is 21.6. The van der Waals surface area contributed by atoms with E-state index in [9.17, 15) is 5.11 Å². The first-order valence-corrected chi connectivity index (χ1v) is 6.60. The van der Waals surface area contributed by atoms with E-state index in [1.807, 2.05) is 0 Å². The molecular formula is C10H18N4O2S. The van der Waals surface area contributed by atoms with Crippen molar-refractivity contribution in [2.24, 2.45) is 0 Å². The molecule has 0 amide bonds. The van der Waals surface area contributed by atoms with Gasteiger partial charge >= 0.3 is 0 Å². The third-order valence-corrected chi connectivity index (χ3v) is 3.53. The zero-order valence-electron chi connectivity index (χ0n) is 9.93. The fraction of sp³-hybridized carbons (Fsp3) is 0.800. The van der Waals surface area contributed by atoms with Crippen LogP contribution in [0.15, 0.2) is 0 Å². The minimum absolute atomic E-state index is 0.0694. The molecule has 17 heavy (non-hydrogen) atoms. The average molecular weight is 258 g/mol. The van der Waals surface area contributed by atoms with Crippen LogP contribution in [0.25, 0.3) is 0 Å². The highest BCUT2D eigenvalue weighted by molar-refractivity contribution is 7.10. The smallest absolute Gasteiger partial charge is 0.134 e. The fourth-order valence-electron chi connectivity index (χ4n) is 1.86. The maximum absolute atomic E-state index is 9.29. The maximum atomic E-state index is 9.29. The van der Waals surface area contributed by atoms with Crippen LogP contribution in [0.4, 0.5) is 5.00 Å². The molecule has 1 aliphatic heterocycles. The van der Waals surface area contributed by atoms with Crippen LogP contribution in [-0.4, -0.2) is 58.5 Å². The molecule has 1 aliphatic rings. The lowest BCUT2D eigenvalue weighted by Crippen LogP contribution is -2.46. The Labute approximate surface area is 105 Å². The van der Waals surface area contributed by atoms with E-state index in [0.29, 0.717) is 19.8 Å². The molecule has 0 bridgehead atoms. The van der Waals surface area contributed by atoms with E-state index in [-0.39, 0.29) is 12.6 Å². The molecule has 0 aliphatic carbocycles. The topological polar surface area (TPSA) is 70.5 Å². The van der Waals surface area contributed by atoms with Crippen molar-refractivity contribution in [3.8, 4) is 0 Å². The van der Waals surface area contributed by atoms with Crippen molar-refractivity contribution in [2.45, 2.75) is 19.5 Å². The summed E-state index contributed by atoms with van der Waals surface area (Å²) in [6.45, 7) is 5.88. The highest BCUT2D eigenvalue weighted by Gasteiger charge is 2.24. The van der Waals surface area contributed by atoms with Gasteiger partial charge in [0.25, 0.3) is 0 Å². The summed E-state index contributed by atoms with van der Waals surface area (Å²) in [6, 6.07) is 0.0694. The monoisotopic (exact) mass is 258 g/mol. The largest absolute Gasteiger partial charge is 0.395 e. The van der Waals surface area contributed by atoms with Crippen LogP contribution < -0.4 is 5.32 Å². The van der Waals surface area contributed by atoms with Gasteiger partial charge in [0.05, 0.1) is 25.9 Å². The number of morpholine rings is 1. The van der Waals surface area contributed by atoms with Gasteiger partial charge in [0.15, 0.2) is 0 Å². The Kier molecular flexibility index (Phi) is 4.66. The van der Waals surface area contributed by atoms with Crippen LogP contribution in [0.1, 0.15) is 12.6 Å². The van der Waals surface area contributed by atoms with Gasteiger partial charge in [-0.3, -0.25) is 4.90 Å². The summed E-state index contributed by atoms with van der Waals surface area (Å²) in [7, 11) is 0. The maximum Gasteiger partial charge on any atom is 0.134 e. The summed E-state index contributed by atoms with van der Waals surface area (Å²) >= 11 is 1.38. The molecule has 0 aromatic carbocycles. The highest BCUT2D eigenvalue weighted by atomic mass is 32.1. The van der Waals surface area contributed by atoms with E-state index >= 15 is 0 Å². The van der Waals surface area contributed by atoms with Gasteiger partial charge in [-0.15, -0.1) is 5.10 Å². The molecule has 1 saturated heterocycles. The van der Waals surface area contributed by atoms with Gasteiger partial charge < -0.3 is 15.2 Å². The van der Waals surface area contributed by atoms with Crippen LogP contribution in [-0.2, 0) is 11.3 Å². The van der Waals surface area contributed by atoms with Crippen LogP contribution in [0.5, 0.6) is 0 Å². The van der Waals surface area contributed by atoms with Crippen molar-refractivity contribution in [1.82, 2.24) is 14.5 Å². The lowest BCUT2D eigenvalue weighted by atomic mass is 10.2. The van der Waals surface area contributed by atoms with E-state index in [2.05, 4.69) is 26.7 Å². The molecule has 1 fully saturated rings. The lowest BCUT2D eigenvalue weighted by Gasteiger charge is -2.33. The Balaban J connectivity index is 2.00. The number of nitrogens with zero attached hydrogens (tertiary/aromatic N) is 3. The molecule has 0 saturated carbocycles. The molecule has 1 atom stereocenters. The molecular weight excluding hydrogens is 240 g/mol. The quantitative estimate of drug-likeness (QED) is 0.784. The molecule has 7 heteroatoms. The summed E-state index contributed by atoms with van der Waals surface area (Å²) in [4.78, 5) is 2.20. The number of aromatic nitrogens is 2. The molecule has 0 spiro atoms. The molecule has 1 aromatic rings. The number of anilines is 1. The standard InChI is InChI=1S/C10H18N4O2S/c1-2-11-10-9(12-13-17-10)5-14-3-4-16-7-8(14)6-15/h8,11,15H,2-7H2,1H3. The number of ether oxygens (including phenoxy) is 1. The molecule has 2 heterocycles. The van der Waals surface area contributed by atoms with Crippen molar-refractivity contribution >= 4 is 16.5 Å².